The average Bonchev–Trinajstić information content (AvgIpc) is 2.91. The smallest absolute Gasteiger partial charge is 0.277 e. The lowest BCUT2D eigenvalue weighted by Crippen LogP contribution is -2.24. The molecule has 2 rings (SSSR count). The highest BCUT2D eigenvalue weighted by molar-refractivity contribution is 9.11. The standard InChI is InChI=1S/C15H15BrN2O2S/c1-2-11-3-5-12(6-4-11)20-10-15(19)18-17-9-13-7-8-14(16)21-13/h3-9H,2,10H2,1H3,(H,18,19). The van der Waals surface area contributed by atoms with Gasteiger partial charge in [0.2, 0.25) is 0 Å². The van der Waals surface area contributed by atoms with Gasteiger partial charge in [0.15, 0.2) is 6.61 Å². The molecule has 0 atom stereocenters. The highest BCUT2D eigenvalue weighted by Gasteiger charge is 2.01. The largest absolute Gasteiger partial charge is 0.484 e. The number of nitrogens with zero attached hydrogens (tertiary/aromatic N) is 1. The lowest BCUT2D eigenvalue weighted by molar-refractivity contribution is -0.123. The monoisotopic (exact) mass is 366 g/mol. The van der Waals surface area contributed by atoms with E-state index in [1.165, 1.54) is 16.9 Å². The second-order valence-corrected chi connectivity index (χ2v) is 6.72. The Hall–Kier alpha value is -1.66. The maximum Gasteiger partial charge on any atom is 0.277 e. The number of carbonyl (C=O) groups is 1. The van der Waals surface area contributed by atoms with Crippen molar-refractivity contribution in [3.8, 4) is 5.75 Å². The number of halogens is 1. The number of benzene rings is 1. The third-order valence-corrected chi connectivity index (χ3v) is 4.23. The molecule has 0 saturated carbocycles. The van der Waals surface area contributed by atoms with Gasteiger partial charge in [0, 0.05) is 4.88 Å². The number of amides is 1. The molecule has 0 fully saturated rings. The lowest BCUT2D eigenvalue weighted by atomic mass is 10.2. The number of carbonyl (C=O) groups excluding carboxylic acids is 1. The van der Waals surface area contributed by atoms with Gasteiger partial charge in [-0.3, -0.25) is 4.79 Å². The van der Waals surface area contributed by atoms with Crippen LogP contribution in [0.4, 0.5) is 0 Å². The Labute approximate surface area is 136 Å². The first kappa shape index (κ1) is 15.7. The van der Waals surface area contributed by atoms with E-state index in [2.05, 4.69) is 33.4 Å². The van der Waals surface area contributed by atoms with Crippen molar-refractivity contribution < 1.29 is 9.53 Å². The fourth-order valence-corrected chi connectivity index (χ4v) is 2.86. The third kappa shape index (κ3) is 5.32. The number of hydrazone groups is 1. The predicted octanol–water partition coefficient (Wildman–Crippen LogP) is 3.60. The molecule has 0 spiro atoms. The van der Waals surface area contributed by atoms with Crippen molar-refractivity contribution in [1.82, 2.24) is 5.43 Å². The van der Waals surface area contributed by atoms with Crippen molar-refractivity contribution in [2.24, 2.45) is 5.10 Å². The van der Waals surface area contributed by atoms with Gasteiger partial charge < -0.3 is 4.74 Å². The van der Waals surface area contributed by atoms with Gasteiger partial charge in [-0.05, 0) is 52.2 Å². The van der Waals surface area contributed by atoms with E-state index < -0.39 is 0 Å². The number of ether oxygens (including phenoxy) is 1. The van der Waals surface area contributed by atoms with Gasteiger partial charge in [-0.2, -0.15) is 5.10 Å². The van der Waals surface area contributed by atoms with Crippen LogP contribution in [0.5, 0.6) is 5.75 Å². The third-order valence-electron chi connectivity index (χ3n) is 2.68. The van der Waals surface area contributed by atoms with Crippen LogP contribution in [0.3, 0.4) is 0 Å². The molecule has 1 amide bonds. The van der Waals surface area contributed by atoms with Crippen LogP contribution in [0.25, 0.3) is 0 Å². The van der Waals surface area contributed by atoms with E-state index in [0.717, 1.165) is 15.1 Å². The number of thiophene rings is 1. The Morgan fingerprint density at radius 1 is 1.33 bits per heavy atom. The van der Waals surface area contributed by atoms with Crippen LogP contribution in [0.1, 0.15) is 17.4 Å². The number of hydrogen-bond donors (Lipinski definition) is 1. The Balaban J connectivity index is 1.75. The van der Waals surface area contributed by atoms with E-state index in [9.17, 15) is 4.79 Å². The normalized spacial score (nSPS) is 10.8. The van der Waals surface area contributed by atoms with Crippen LogP contribution < -0.4 is 10.2 Å². The van der Waals surface area contributed by atoms with Gasteiger partial charge in [-0.15, -0.1) is 11.3 Å². The fraction of sp³-hybridized carbons (Fsp3) is 0.200. The molecule has 0 unspecified atom stereocenters. The second kappa shape index (κ2) is 7.95. The van der Waals surface area contributed by atoms with Gasteiger partial charge in [-0.25, -0.2) is 5.43 Å². The molecule has 0 aliphatic rings. The number of aryl methyl sites for hydroxylation is 1. The van der Waals surface area contributed by atoms with E-state index in [-0.39, 0.29) is 12.5 Å². The average molecular weight is 367 g/mol. The minimum atomic E-state index is -0.290. The van der Waals surface area contributed by atoms with E-state index in [1.807, 2.05) is 36.4 Å². The lowest BCUT2D eigenvalue weighted by Gasteiger charge is -2.05. The van der Waals surface area contributed by atoms with Crippen LogP contribution in [0.2, 0.25) is 0 Å². The molecule has 1 aromatic carbocycles. The molecule has 1 N–H and O–H groups in total. The van der Waals surface area contributed by atoms with Crippen molar-refractivity contribution in [3.63, 3.8) is 0 Å². The zero-order valence-electron chi connectivity index (χ0n) is 11.5. The molecular formula is C15H15BrN2O2S. The molecule has 0 bridgehead atoms. The first-order valence-corrected chi connectivity index (χ1v) is 8.07. The molecule has 0 aliphatic carbocycles. The van der Waals surface area contributed by atoms with E-state index in [1.54, 1.807) is 6.21 Å². The fourth-order valence-electron chi connectivity index (χ4n) is 1.57. The molecule has 0 aliphatic heterocycles. The van der Waals surface area contributed by atoms with Gasteiger partial charge in [0.05, 0.1) is 10.0 Å². The first-order valence-electron chi connectivity index (χ1n) is 6.46. The van der Waals surface area contributed by atoms with Crippen molar-refractivity contribution in [2.75, 3.05) is 6.61 Å². The number of hydrogen-bond acceptors (Lipinski definition) is 4. The minimum Gasteiger partial charge on any atom is -0.484 e. The van der Waals surface area contributed by atoms with E-state index in [4.69, 9.17) is 4.74 Å². The summed E-state index contributed by atoms with van der Waals surface area (Å²) in [6.45, 7) is 2.03. The molecule has 2 aromatic rings. The van der Waals surface area contributed by atoms with Crippen molar-refractivity contribution in [2.45, 2.75) is 13.3 Å². The molecule has 0 radical (unpaired) electrons. The summed E-state index contributed by atoms with van der Waals surface area (Å²) in [5.74, 6) is 0.384. The highest BCUT2D eigenvalue weighted by atomic mass is 79.9. The Bertz CT molecular complexity index is 623. The summed E-state index contributed by atoms with van der Waals surface area (Å²) >= 11 is 4.90. The Morgan fingerprint density at radius 3 is 2.71 bits per heavy atom. The molecule has 1 aromatic heterocycles. The van der Waals surface area contributed by atoms with Gasteiger partial charge in [0.1, 0.15) is 5.75 Å². The summed E-state index contributed by atoms with van der Waals surface area (Å²) in [6.07, 6.45) is 2.58. The molecule has 0 saturated heterocycles. The molecular weight excluding hydrogens is 352 g/mol. The molecule has 6 heteroatoms. The Kier molecular flexibility index (Phi) is 5.95. The van der Waals surface area contributed by atoms with Gasteiger partial charge in [0.25, 0.3) is 5.91 Å². The summed E-state index contributed by atoms with van der Waals surface area (Å²) in [6, 6.07) is 11.5. The zero-order chi connectivity index (χ0) is 15.1. The van der Waals surface area contributed by atoms with E-state index in [0.29, 0.717) is 5.75 Å². The summed E-state index contributed by atoms with van der Waals surface area (Å²) < 4.78 is 6.41. The highest BCUT2D eigenvalue weighted by Crippen LogP contribution is 2.20. The predicted molar refractivity (Wildman–Crippen MR) is 89.1 cm³/mol. The zero-order valence-corrected chi connectivity index (χ0v) is 13.9. The number of nitrogens with one attached hydrogen (secondary N) is 1. The quantitative estimate of drug-likeness (QED) is 0.627. The van der Waals surface area contributed by atoms with Gasteiger partial charge in [-0.1, -0.05) is 19.1 Å². The van der Waals surface area contributed by atoms with Crippen molar-refractivity contribution in [1.29, 1.82) is 0 Å². The summed E-state index contributed by atoms with van der Waals surface area (Å²) in [5, 5.41) is 3.88. The molecule has 4 nitrogen and oxygen atoms in total. The topological polar surface area (TPSA) is 50.7 Å². The SMILES string of the molecule is CCc1ccc(OCC(=O)NN=Cc2ccc(Br)s2)cc1. The Morgan fingerprint density at radius 2 is 2.10 bits per heavy atom. The van der Waals surface area contributed by atoms with Crippen molar-refractivity contribution >= 4 is 39.4 Å². The number of rotatable bonds is 6. The summed E-state index contributed by atoms with van der Waals surface area (Å²) in [5.41, 5.74) is 3.66. The van der Waals surface area contributed by atoms with Crippen LogP contribution in [-0.2, 0) is 11.2 Å². The van der Waals surface area contributed by atoms with E-state index >= 15 is 0 Å². The van der Waals surface area contributed by atoms with Crippen LogP contribution in [0, 0.1) is 0 Å². The van der Waals surface area contributed by atoms with Crippen LogP contribution in [0.15, 0.2) is 45.3 Å². The molecule has 110 valence electrons. The van der Waals surface area contributed by atoms with Crippen LogP contribution >= 0.6 is 27.3 Å². The first-order chi connectivity index (χ1) is 10.2. The molecule has 1 heterocycles. The maximum atomic E-state index is 11.6. The van der Waals surface area contributed by atoms with Crippen molar-refractivity contribution in [3.05, 3.63) is 50.6 Å². The second-order valence-electron chi connectivity index (χ2n) is 4.22. The summed E-state index contributed by atoms with van der Waals surface area (Å²) in [4.78, 5) is 12.5. The molecule has 21 heavy (non-hydrogen) atoms. The maximum absolute atomic E-state index is 11.6. The van der Waals surface area contributed by atoms with Gasteiger partial charge >= 0.3 is 0 Å². The summed E-state index contributed by atoms with van der Waals surface area (Å²) in [7, 11) is 0. The minimum absolute atomic E-state index is 0.0586. The van der Waals surface area contributed by atoms with Crippen LogP contribution in [-0.4, -0.2) is 18.7 Å².